The first kappa shape index (κ1) is 31.3. The van der Waals surface area contributed by atoms with Gasteiger partial charge in [-0.1, -0.05) is 29.8 Å². The molecular weight excluding hydrogens is 629 g/mol. The number of halogens is 2. The molecule has 1 aliphatic heterocycles. The van der Waals surface area contributed by atoms with Gasteiger partial charge in [-0.15, -0.1) is 0 Å². The van der Waals surface area contributed by atoms with E-state index in [0.717, 1.165) is 31.6 Å². The van der Waals surface area contributed by atoms with Gasteiger partial charge in [-0.25, -0.2) is 9.97 Å². The Labute approximate surface area is 275 Å². The number of pyridine rings is 1. The maximum atomic E-state index is 12.4. The number of piperidine rings is 1. The lowest BCUT2D eigenvalue weighted by atomic mass is 10.0. The lowest BCUT2D eigenvalue weighted by Crippen LogP contribution is -2.42. The molecule has 6 rings (SSSR count). The van der Waals surface area contributed by atoms with E-state index >= 15 is 0 Å². The molecule has 0 unspecified atom stereocenters. The topological polar surface area (TPSA) is 122 Å². The zero-order valence-electron chi connectivity index (χ0n) is 25.8. The molecule has 12 nitrogen and oxygen atoms in total. The van der Waals surface area contributed by atoms with Crippen molar-refractivity contribution in [3.05, 3.63) is 65.6 Å². The van der Waals surface area contributed by atoms with Crippen LogP contribution in [0.5, 0.6) is 11.5 Å². The number of amides is 1. The van der Waals surface area contributed by atoms with E-state index in [1.54, 1.807) is 16.8 Å². The molecule has 5 aromatic rings. The normalized spacial score (nSPS) is 13.8. The van der Waals surface area contributed by atoms with E-state index in [0.29, 0.717) is 72.7 Å². The number of hydrogen-bond donors (Lipinski definition) is 2. The van der Waals surface area contributed by atoms with Gasteiger partial charge in [0.25, 0.3) is 0 Å². The molecule has 1 aliphatic rings. The minimum Gasteiger partial charge on any atom is -0.495 e. The van der Waals surface area contributed by atoms with Crippen molar-refractivity contribution in [2.24, 2.45) is 0 Å². The van der Waals surface area contributed by atoms with Gasteiger partial charge in [-0.2, -0.15) is 14.6 Å². The summed E-state index contributed by atoms with van der Waals surface area (Å²) in [5.74, 6) is 0.767. The van der Waals surface area contributed by atoms with Crippen LogP contribution < -0.4 is 25.0 Å². The summed E-state index contributed by atoms with van der Waals surface area (Å²) < 4.78 is 12.5. The molecule has 3 aromatic heterocycles. The number of fused-ring (bicyclic) bond motifs is 3. The van der Waals surface area contributed by atoms with Crippen LogP contribution in [0.4, 0.5) is 23.0 Å². The molecule has 0 aliphatic carbocycles. The van der Waals surface area contributed by atoms with Gasteiger partial charge in [0.15, 0.2) is 11.3 Å². The predicted octanol–water partition coefficient (Wildman–Crippen LogP) is 6.06. The van der Waals surface area contributed by atoms with E-state index in [9.17, 15) is 4.79 Å². The molecule has 0 saturated carbocycles. The van der Waals surface area contributed by atoms with Crippen LogP contribution in [-0.4, -0.2) is 82.8 Å². The molecular formula is C32H33Cl2N9O3. The SMILES string of the molecule is C=CC(=O)Nc1cc(N2CCC(N(C)C)CC2)ccc1Nc1ncc2cc(-c3c(Cl)c(OC)cc(OC)c3Cl)c3ncnn3c2n1. The molecule has 0 radical (unpaired) electrons. The first-order valence-electron chi connectivity index (χ1n) is 14.6. The number of nitrogens with one attached hydrogen (secondary N) is 2. The Bertz CT molecular complexity index is 1930. The highest BCUT2D eigenvalue weighted by Crippen LogP contribution is 2.47. The highest BCUT2D eigenvalue weighted by molar-refractivity contribution is 6.41. The minimum absolute atomic E-state index is 0.296. The molecule has 2 aromatic carbocycles. The Morgan fingerprint density at radius 1 is 1.02 bits per heavy atom. The zero-order chi connectivity index (χ0) is 32.5. The smallest absolute Gasteiger partial charge is 0.247 e. The maximum absolute atomic E-state index is 12.4. The van der Waals surface area contributed by atoms with E-state index in [2.05, 4.69) is 56.2 Å². The second-order valence-corrected chi connectivity index (χ2v) is 11.8. The molecule has 1 fully saturated rings. The van der Waals surface area contributed by atoms with Crippen molar-refractivity contribution in [1.82, 2.24) is 29.5 Å². The summed E-state index contributed by atoms with van der Waals surface area (Å²) in [5.41, 5.74) is 4.26. The Morgan fingerprint density at radius 3 is 2.39 bits per heavy atom. The summed E-state index contributed by atoms with van der Waals surface area (Å²) in [4.78, 5) is 30.8. The molecule has 0 atom stereocenters. The van der Waals surface area contributed by atoms with Crippen LogP contribution in [0.3, 0.4) is 0 Å². The quantitative estimate of drug-likeness (QED) is 0.180. The first-order valence-corrected chi connectivity index (χ1v) is 15.3. The number of carbonyl (C=O) groups is 1. The molecule has 4 heterocycles. The van der Waals surface area contributed by atoms with Crippen LogP contribution in [0, 0.1) is 0 Å². The average molecular weight is 663 g/mol. The van der Waals surface area contributed by atoms with E-state index in [-0.39, 0.29) is 5.91 Å². The minimum atomic E-state index is -0.325. The zero-order valence-corrected chi connectivity index (χ0v) is 27.4. The van der Waals surface area contributed by atoms with Crippen LogP contribution in [0.15, 0.2) is 55.5 Å². The first-order chi connectivity index (χ1) is 22.2. The van der Waals surface area contributed by atoms with Crippen molar-refractivity contribution in [1.29, 1.82) is 0 Å². The fraction of sp³-hybridized carbons (Fsp3) is 0.281. The maximum Gasteiger partial charge on any atom is 0.247 e. The van der Waals surface area contributed by atoms with Crippen molar-refractivity contribution in [2.45, 2.75) is 18.9 Å². The molecule has 2 N–H and O–H groups in total. The Hall–Kier alpha value is -4.65. The average Bonchev–Trinajstić information content (AvgIpc) is 3.57. The van der Waals surface area contributed by atoms with Crippen molar-refractivity contribution in [2.75, 3.05) is 56.9 Å². The second-order valence-electron chi connectivity index (χ2n) is 11.0. The summed E-state index contributed by atoms with van der Waals surface area (Å²) in [6, 6.07) is 9.93. The largest absolute Gasteiger partial charge is 0.495 e. The molecule has 0 spiro atoms. The fourth-order valence-corrected chi connectivity index (χ4v) is 6.41. The van der Waals surface area contributed by atoms with Crippen LogP contribution in [-0.2, 0) is 4.79 Å². The summed E-state index contributed by atoms with van der Waals surface area (Å²) in [6.07, 6.45) is 6.46. The highest BCUT2D eigenvalue weighted by atomic mass is 35.5. The van der Waals surface area contributed by atoms with Crippen molar-refractivity contribution >= 4 is 68.8 Å². The third-order valence-electron chi connectivity index (χ3n) is 8.18. The summed E-state index contributed by atoms with van der Waals surface area (Å²) in [6.45, 7) is 5.45. The third-order valence-corrected chi connectivity index (χ3v) is 8.93. The van der Waals surface area contributed by atoms with E-state index in [4.69, 9.17) is 37.7 Å². The Kier molecular flexibility index (Phi) is 8.85. The van der Waals surface area contributed by atoms with Crippen molar-refractivity contribution < 1.29 is 14.3 Å². The number of nitrogens with zero attached hydrogens (tertiary/aromatic N) is 7. The Morgan fingerprint density at radius 2 is 1.74 bits per heavy atom. The van der Waals surface area contributed by atoms with Gasteiger partial charge in [-0.05, 0) is 57.3 Å². The van der Waals surface area contributed by atoms with Gasteiger partial charge in [0.05, 0.1) is 35.6 Å². The molecule has 238 valence electrons. The van der Waals surface area contributed by atoms with Crippen LogP contribution in [0.1, 0.15) is 12.8 Å². The summed E-state index contributed by atoms with van der Waals surface area (Å²) >= 11 is 13.5. The number of anilines is 4. The van der Waals surface area contributed by atoms with Gasteiger partial charge in [-0.3, -0.25) is 4.79 Å². The highest BCUT2D eigenvalue weighted by Gasteiger charge is 2.24. The van der Waals surface area contributed by atoms with E-state index in [1.807, 2.05) is 24.3 Å². The summed E-state index contributed by atoms with van der Waals surface area (Å²) in [7, 11) is 7.27. The van der Waals surface area contributed by atoms with E-state index < -0.39 is 0 Å². The molecule has 1 saturated heterocycles. The molecule has 0 bridgehead atoms. The number of carbonyl (C=O) groups excluding carboxylic acids is 1. The fourth-order valence-electron chi connectivity index (χ4n) is 5.71. The number of rotatable bonds is 9. The predicted molar refractivity (Wildman–Crippen MR) is 182 cm³/mol. The van der Waals surface area contributed by atoms with Crippen LogP contribution in [0.2, 0.25) is 10.0 Å². The Balaban J connectivity index is 1.37. The van der Waals surface area contributed by atoms with Gasteiger partial charge in [0, 0.05) is 53.6 Å². The second kappa shape index (κ2) is 13.0. The monoisotopic (exact) mass is 661 g/mol. The number of hydrogen-bond acceptors (Lipinski definition) is 10. The van der Waals surface area contributed by atoms with Crippen LogP contribution >= 0.6 is 23.2 Å². The lowest BCUT2D eigenvalue weighted by molar-refractivity contribution is -0.111. The summed E-state index contributed by atoms with van der Waals surface area (Å²) in [5, 5.41) is 11.9. The third kappa shape index (κ3) is 5.86. The molecule has 46 heavy (non-hydrogen) atoms. The van der Waals surface area contributed by atoms with Crippen molar-refractivity contribution in [3.8, 4) is 22.6 Å². The van der Waals surface area contributed by atoms with Gasteiger partial charge >= 0.3 is 0 Å². The standard InChI is InChI=1S/C32H33Cl2N9O3/c1-6-26(44)38-23-14-20(42-11-9-19(10-12-42)41(2)3)7-8-22(23)39-32-35-16-18-13-21(31-36-17-37-43(31)30(18)40-32)27-28(33)24(45-4)15-25(46-5)29(27)34/h6-8,13-17,19H,1,9-12H2,2-5H3,(H,38,44)(H,35,39,40). The molecule has 1 amide bonds. The van der Waals surface area contributed by atoms with E-state index in [1.165, 1.54) is 26.6 Å². The number of aromatic nitrogens is 5. The van der Waals surface area contributed by atoms with Gasteiger partial charge in [0.1, 0.15) is 17.8 Å². The number of ether oxygens (including phenoxy) is 2. The van der Waals surface area contributed by atoms with Gasteiger partial charge < -0.3 is 29.9 Å². The number of benzene rings is 2. The van der Waals surface area contributed by atoms with Crippen molar-refractivity contribution in [3.63, 3.8) is 0 Å². The number of methoxy groups -OCH3 is 2. The molecule has 14 heteroatoms. The van der Waals surface area contributed by atoms with Crippen LogP contribution in [0.25, 0.3) is 27.8 Å². The van der Waals surface area contributed by atoms with Gasteiger partial charge in [0.2, 0.25) is 11.9 Å². The lowest BCUT2D eigenvalue weighted by Gasteiger charge is -2.36.